The molecule has 44 valence electrons. The van der Waals surface area contributed by atoms with Crippen LogP contribution in [0.5, 0.6) is 0 Å². The fourth-order valence-electron chi connectivity index (χ4n) is 0.306. The van der Waals surface area contributed by atoms with Crippen molar-refractivity contribution in [2.45, 2.75) is 19.8 Å². The van der Waals surface area contributed by atoms with Gasteiger partial charge in [0.1, 0.15) is 0 Å². The summed E-state index contributed by atoms with van der Waals surface area (Å²) in [6.45, 7) is 1.94. The van der Waals surface area contributed by atoms with Gasteiger partial charge in [0.2, 0.25) is 0 Å². The molecule has 0 bridgehead atoms. The Hall–Kier alpha value is 0.0674. The Kier molecular flexibility index (Phi) is 9.67. The molecule has 2 nitrogen and oxygen atoms in total. The third kappa shape index (κ3) is 6.07. The normalized spacial score (nSPS) is 7.25. The summed E-state index contributed by atoms with van der Waals surface area (Å²) in [5.41, 5.74) is 0. The van der Waals surface area contributed by atoms with Crippen molar-refractivity contribution in [3.8, 4) is 0 Å². The standard InChI is InChI=1S/C5H10O2.Li.H/c1-3-4-5(6)7-2;;/h3-4H2,1-2H3;;/q;+1;-1. The fraction of sp³-hybridized carbons (Fsp3) is 0.800. The third-order valence-electron chi connectivity index (χ3n) is 0.682. The molecule has 0 aromatic heterocycles. The third-order valence-corrected chi connectivity index (χ3v) is 0.682. The quantitative estimate of drug-likeness (QED) is 0.306. The maximum absolute atomic E-state index is 10.2. The second-order valence-electron chi connectivity index (χ2n) is 1.33. The molecule has 0 aliphatic heterocycles. The minimum atomic E-state index is -0.123. The van der Waals surface area contributed by atoms with Gasteiger partial charge in [-0.15, -0.1) is 0 Å². The van der Waals surface area contributed by atoms with E-state index in [9.17, 15) is 4.79 Å². The van der Waals surface area contributed by atoms with E-state index in [1.807, 2.05) is 6.92 Å². The second kappa shape index (κ2) is 7.07. The second-order valence-corrected chi connectivity index (χ2v) is 1.33. The van der Waals surface area contributed by atoms with E-state index in [4.69, 9.17) is 0 Å². The number of methoxy groups -OCH3 is 1. The van der Waals surface area contributed by atoms with E-state index < -0.39 is 0 Å². The minimum Gasteiger partial charge on any atom is -1.00 e. The van der Waals surface area contributed by atoms with Gasteiger partial charge in [0.25, 0.3) is 0 Å². The summed E-state index contributed by atoms with van der Waals surface area (Å²) >= 11 is 0. The predicted molar refractivity (Wildman–Crippen MR) is 28.0 cm³/mol. The van der Waals surface area contributed by atoms with Gasteiger partial charge >= 0.3 is 24.8 Å². The first-order valence-electron chi connectivity index (χ1n) is 2.38. The van der Waals surface area contributed by atoms with Crippen molar-refractivity contribution >= 4 is 5.97 Å². The Balaban J connectivity index is -0.000000180. The van der Waals surface area contributed by atoms with Gasteiger partial charge in [-0.1, -0.05) is 6.92 Å². The van der Waals surface area contributed by atoms with E-state index in [1.54, 1.807) is 0 Å². The molecule has 3 heteroatoms. The smallest absolute Gasteiger partial charge is 1.00 e. The molecule has 0 heterocycles. The maximum atomic E-state index is 10.2. The Morgan fingerprint density at radius 1 is 1.75 bits per heavy atom. The van der Waals surface area contributed by atoms with Crippen molar-refractivity contribution in [1.82, 2.24) is 0 Å². The molecule has 0 unspecified atom stereocenters. The summed E-state index contributed by atoms with van der Waals surface area (Å²) < 4.78 is 4.35. The van der Waals surface area contributed by atoms with Crippen molar-refractivity contribution < 1.29 is 29.8 Å². The molecule has 0 saturated carbocycles. The van der Waals surface area contributed by atoms with Gasteiger partial charge in [-0.3, -0.25) is 4.79 Å². The van der Waals surface area contributed by atoms with Crippen molar-refractivity contribution in [1.29, 1.82) is 0 Å². The molecule has 8 heavy (non-hydrogen) atoms. The van der Waals surface area contributed by atoms with Crippen molar-refractivity contribution in [2.75, 3.05) is 7.11 Å². The van der Waals surface area contributed by atoms with Gasteiger partial charge in [0.15, 0.2) is 0 Å². The van der Waals surface area contributed by atoms with Crippen LogP contribution in [0.3, 0.4) is 0 Å². The fourth-order valence-corrected chi connectivity index (χ4v) is 0.306. The van der Waals surface area contributed by atoms with Crippen LogP contribution in [0.1, 0.15) is 21.2 Å². The number of hydrogen-bond acceptors (Lipinski definition) is 2. The average Bonchev–Trinajstić information content (AvgIpc) is 1.68. The monoisotopic (exact) mass is 110 g/mol. The molecule has 0 fully saturated rings. The minimum absolute atomic E-state index is 0. The molecule has 0 rings (SSSR count). The van der Waals surface area contributed by atoms with Crippen LogP contribution in [0.2, 0.25) is 0 Å². The summed E-state index contributed by atoms with van der Waals surface area (Å²) in [4.78, 5) is 10.2. The number of ether oxygens (including phenoxy) is 1. The zero-order chi connectivity index (χ0) is 5.70. The molecular weight excluding hydrogens is 99.0 g/mol. The Bertz CT molecular complexity index is 68.0. The summed E-state index contributed by atoms with van der Waals surface area (Å²) in [6, 6.07) is 0. The van der Waals surface area contributed by atoms with Gasteiger partial charge < -0.3 is 6.16 Å². The van der Waals surface area contributed by atoms with Crippen LogP contribution in [-0.4, -0.2) is 13.1 Å². The first kappa shape index (κ1) is 10.9. The van der Waals surface area contributed by atoms with Gasteiger partial charge in [-0.05, 0) is 6.42 Å². The van der Waals surface area contributed by atoms with Crippen LogP contribution < -0.4 is 18.9 Å². The molecule has 0 aromatic carbocycles. The molecule has 0 spiro atoms. The molecule has 0 radical (unpaired) electrons. The molecule has 0 saturated heterocycles. The summed E-state index contributed by atoms with van der Waals surface area (Å²) in [5, 5.41) is 0. The van der Waals surface area contributed by atoms with E-state index in [0.29, 0.717) is 6.42 Å². The molecule has 0 aliphatic rings. The van der Waals surface area contributed by atoms with E-state index in [2.05, 4.69) is 4.74 Å². The molecule has 0 aliphatic carbocycles. The molecular formula is C5H11LiO2. The predicted octanol–water partition coefficient (Wildman–Crippen LogP) is -1.92. The molecule has 0 atom stereocenters. The van der Waals surface area contributed by atoms with Gasteiger partial charge in [0, 0.05) is 6.42 Å². The van der Waals surface area contributed by atoms with Crippen LogP contribution >= 0.6 is 0 Å². The number of esters is 1. The van der Waals surface area contributed by atoms with Crippen molar-refractivity contribution in [3.05, 3.63) is 0 Å². The van der Waals surface area contributed by atoms with E-state index in [1.165, 1.54) is 7.11 Å². The number of carbonyl (C=O) groups excluding carboxylic acids is 1. The van der Waals surface area contributed by atoms with Crippen LogP contribution in [0.15, 0.2) is 0 Å². The zero-order valence-electron chi connectivity index (χ0n) is 6.73. The number of carbonyl (C=O) groups is 1. The zero-order valence-corrected chi connectivity index (χ0v) is 5.73. The summed E-state index contributed by atoms with van der Waals surface area (Å²) in [6.07, 6.45) is 1.41. The number of hydrogen-bond donors (Lipinski definition) is 0. The van der Waals surface area contributed by atoms with E-state index >= 15 is 0 Å². The SMILES string of the molecule is CCCC(=O)OC.[H-].[Li+]. The molecule has 0 aromatic rings. The molecule has 0 amide bonds. The largest absolute Gasteiger partial charge is 1.00 e. The van der Waals surface area contributed by atoms with Crippen molar-refractivity contribution in [2.24, 2.45) is 0 Å². The Morgan fingerprint density at radius 2 is 2.25 bits per heavy atom. The van der Waals surface area contributed by atoms with Crippen LogP contribution in [0.25, 0.3) is 0 Å². The molecule has 0 N–H and O–H groups in total. The Labute approximate surface area is 63.3 Å². The van der Waals surface area contributed by atoms with E-state index in [-0.39, 0.29) is 26.3 Å². The summed E-state index contributed by atoms with van der Waals surface area (Å²) in [7, 11) is 1.40. The van der Waals surface area contributed by atoms with Crippen LogP contribution in [0.4, 0.5) is 0 Å². The van der Waals surface area contributed by atoms with E-state index in [0.717, 1.165) is 6.42 Å². The first-order chi connectivity index (χ1) is 3.31. The van der Waals surface area contributed by atoms with Crippen LogP contribution in [-0.2, 0) is 9.53 Å². The van der Waals surface area contributed by atoms with Crippen LogP contribution in [0, 0.1) is 0 Å². The average molecular weight is 110 g/mol. The number of rotatable bonds is 2. The Morgan fingerprint density at radius 3 is 2.38 bits per heavy atom. The topological polar surface area (TPSA) is 26.3 Å². The first-order valence-corrected chi connectivity index (χ1v) is 2.38. The van der Waals surface area contributed by atoms with Gasteiger partial charge in [-0.25, -0.2) is 0 Å². The van der Waals surface area contributed by atoms with Crippen molar-refractivity contribution in [3.63, 3.8) is 0 Å². The maximum Gasteiger partial charge on any atom is 1.00 e. The van der Waals surface area contributed by atoms with Gasteiger partial charge in [0.05, 0.1) is 7.11 Å². The summed E-state index contributed by atoms with van der Waals surface area (Å²) in [5.74, 6) is -0.123. The van der Waals surface area contributed by atoms with Gasteiger partial charge in [-0.2, -0.15) is 0 Å².